The van der Waals surface area contributed by atoms with E-state index in [-0.39, 0.29) is 24.4 Å². The molecule has 3 aliphatic heterocycles. The van der Waals surface area contributed by atoms with Crippen molar-refractivity contribution < 1.29 is 19.3 Å². The second kappa shape index (κ2) is 2.06. The minimum absolute atomic E-state index is 0.0394. The topological polar surface area (TPSA) is 60.6 Å². The molecule has 5 nitrogen and oxygen atoms in total. The molecular formula is C7H9N2O3+. The summed E-state index contributed by atoms with van der Waals surface area (Å²) < 4.78 is 1.27. The highest BCUT2D eigenvalue weighted by atomic mass is 16.3. The van der Waals surface area contributed by atoms with Gasteiger partial charge < -0.3 is 5.11 Å². The Kier molecular flexibility index (Phi) is 1.25. The fourth-order valence-corrected chi connectivity index (χ4v) is 1.66. The van der Waals surface area contributed by atoms with E-state index in [0.717, 1.165) is 0 Å². The zero-order chi connectivity index (χ0) is 8.88. The maximum atomic E-state index is 11.1. The SMILES string of the molecule is CCC1N2C(=O)CC(O)=[N+]1C2=O. The lowest BCUT2D eigenvalue weighted by Gasteiger charge is -2.34. The third-order valence-electron chi connectivity index (χ3n) is 2.23. The molecule has 5 heteroatoms. The van der Waals surface area contributed by atoms with Crippen LogP contribution in [-0.2, 0) is 4.79 Å². The van der Waals surface area contributed by atoms with Gasteiger partial charge in [-0.1, -0.05) is 6.92 Å². The largest absolute Gasteiger partial charge is 0.510 e. The van der Waals surface area contributed by atoms with Crippen molar-refractivity contribution in [2.24, 2.45) is 0 Å². The summed E-state index contributed by atoms with van der Waals surface area (Å²) in [5.74, 6) is -0.411. The van der Waals surface area contributed by atoms with E-state index in [1.807, 2.05) is 6.92 Å². The third-order valence-corrected chi connectivity index (χ3v) is 2.23. The summed E-state index contributed by atoms with van der Waals surface area (Å²) in [6.45, 7) is 1.86. The molecule has 0 aromatic heterocycles. The molecule has 3 aliphatic rings. The van der Waals surface area contributed by atoms with Crippen molar-refractivity contribution >= 4 is 17.8 Å². The summed E-state index contributed by atoms with van der Waals surface area (Å²) in [6.07, 6.45) is 0.378. The van der Waals surface area contributed by atoms with Gasteiger partial charge in [0.15, 0.2) is 0 Å². The van der Waals surface area contributed by atoms with Crippen molar-refractivity contribution in [1.82, 2.24) is 4.90 Å². The van der Waals surface area contributed by atoms with Gasteiger partial charge in [0.25, 0.3) is 12.1 Å². The first-order chi connectivity index (χ1) is 5.66. The van der Waals surface area contributed by atoms with Crippen LogP contribution in [0.4, 0.5) is 4.79 Å². The summed E-state index contributed by atoms with van der Waals surface area (Å²) >= 11 is 0. The maximum Gasteiger partial charge on any atom is 0.510 e. The van der Waals surface area contributed by atoms with Crippen LogP contribution >= 0.6 is 0 Å². The predicted molar refractivity (Wildman–Crippen MR) is 38.8 cm³/mol. The quantitative estimate of drug-likeness (QED) is 0.564. The van der Waals surface area contributed by atoms with Gasteiger partial charge in [0.05, 0.1) is 0 Å². The molecule has 12 heavy (non-hydrogen) atoms. The van der Waals surface area contributed by atoms with Crippen LogP contribution in [0.25, 0.3) is 0 Å². The van der Waals surface area contributed by atoms with Crippen LogP contribution in [0.5, 0.6) is 0 Å². The van der Waals surface area contributed by atoms with E-state index in [1.54, 1.807) is 0 Å². The number of aliphatic hydroxyl groups excluding tert-OH is 1. The lowest BCUT2D eigenvalue weighted by Crippen LogP contribution is -2.70. The Hall–Kier alpha value is -1.39. The number of carbonyl (C=O) groups is 2. The molecule has 1 atom stereocenters. The molecule has 0 saturated carbocycles. The van der Waals surface area contributed by atoms with Gasteiger partial charge in [-0.25, -0.2) is 4.79 Å². The minimum Gasteiger partial charge on any atom is -0.480 e. The van der Waals surface area contributed by atoms with E-state index in [2.05, 4.69) is 0 Å². The molecule has 3 heterocycles. The first-order valence-corrected chi connectivity index (χ1v) is 3.87. The Balaban J connectivity index is 2.44. The van der Waals surface area contributed by atoms with Crippen LogP contribution in [0, 0.1) is 0 Å². The molecule has 0 aliphatic carbocycles. The zero-order valence-corrected chi connectivity index (χ0v) is 6.65. The van der Waals surface area contributed by atoms with Crippen molar-refractivity contribution in [3.8, 4) is 0 Å². The van der Waals surface area contributed by atoms with Crippen LogP contribution in [0.15, 0.2) is 0 Å². The minimum atomic E-state index is -0.393. The second-order valence-electron chi connectivity index (χ2n) is 2.90. The number of hydrogen-bond donors (Lipinski definition) is 1. The summed E-state index contributed by atoms with van der Waals surface area (Å²) in [4.78, 5) is 23.4. The van der Waals surface area contributed by atoms with Crippen molar-refractivity contribution in [2.75, 3.05) is 0 Å². The third kappa shape index (κ3) is 0.609. The summed E-state index contributed by atoms with van der Waals surface area (Å²) in [5.41, 5.74) is 0. The molecule has 1 saturated heterocycles. The number of nitrogens with zero attached hydrogens (tertiary/aromatic N) is 2. The Morgan fingerprint density at radius 3 is 2.75 bits per heavy atom. The second-order valence-corrected chi connectivity index (χ2v) is 2.90. The lowest BCUT2D eigenvalue weighted by atomic mass is 10.1. The highest BCUT2D eigenvalue weighted by Crippen LogP contribution is 2.25. The number of carbonyl (C=O) groups excluding carboxylic acids is 2. The fourth-order valence-electron chi connectivity index (χ4n) is 1.66. The van der Waals surface area contributed by atoms with E-state index in [4.69, 9.17) is 0 Å². The number of hydrogen-bond acceptors (Lipinski definition) is 2. The molecular weight excluding hydrogens is 160 g/mol. The lowest BCUT2D eigenvalue weighted by molar-refractivity contribution is -0.571. The molecule has 1 unspecified atom stereocenters. The average Bonchev–Trinajstić information content (AvgIpc) is 1.98. The number of amides is 3. The highest BCUT2D eigenvalue weighted by Gasteiger charge is 2.60. The molecule has 0 spiro atoms. The van der Waals surface area contributed by atoms with E-state index >= 15 is 0 Å². The van der Waals surface area contributed by atoms with Gasteiger partial charge in [-0.3, -0.25) is 0 Å². The summed E-state index contributed by atoms with van der Waals surface area (Å²) in [5, 5.41) is 9.23. The zero-order valence-electron chi connectivity index (χ0n) is 6.65. The van der Waals surface area contributed by atoms with Crippen molar-refractivity contribution in [1.29, 1.82) is 0 Å². The molecule has 64 valence electrons. The van der Waals surface area contributed by atoms with Gasteiger partial charge in [0, 0.05) is 6.42 Å². The standard InChI is InChI=1S/C7H8N2O3/c1-2-4-8-5(10)3-6(11)9(4)7(8)12/h4H,2-3H2,1H3/p+1. The van der Waals surface area contributed by atoms with Crippen LogP contribution < -0.4 is 0 Å². The van der Waals surface area contributed by atoms with Crippen LogP contribution in [0.3, 0.4) is 0 Å². The molecule has 0 aromatic rings. The molecule has 0 radical (unpaired) electrons. The monoisotopic (exact) mass is 169 g/mol. The fraction of sp³-hybridized carbons (Fsp3) is 0.571. The molecule has 3 rings (SSSR count). The first kappa shape index (κ1) is 7.27. The first-order valence-electron chi connectivity index (χ1n) is 3.87. The van der Waals surface area contributed by atoms with E-state index < -0.39 is 6.03 Å². The van der Waals surface area contributed by atoms with Gasteiger partial charge in [-0.15, -0.1) is 9.48 Å². The van der Waals surface area contributed by atoms with Crippen molar-refractivity contribution in [2.45, 2.75) is 25.9 Å². The van der Waals surface area contributed by atoms with Crippen molar-refractivity contribution in [3.05, 3.63) is 0 Å². The normalized spacial score (nSPS) is 27.8. The highest BCUT2D eigenvalue weighted by molar-refractivity contribution is 6.07. The van der Waals surface area contributed by atoms with Crippen LogP contribution in [0.2, 0.25) is 0 Å². The van der Waals surface area contributed by atoms with Crippen LogP contribution in [-0.4, -0.2) is 38.6 Å². The number of urea groups is 1. The number of fused-ring (bicyclic) bond motifs is 2. The van der Waals surface area contributed by atoms with Gasteiger partial charge >= 0.3 is 11.9 Å². The van der Waals surface area contributed by atoms with Gasteiger partial charge in [0.1, 0.15) is 6.42 Å². The molecule has 3 amide bonds. The Morgan fingerprint density at radius 1 is 1.67 bits per heavy atom. The Labute approximate surface area is 68.9 Å². The smallest absolute Gasteiger partial charge is 0.480 e. The number of aliphatic hydroxyl groups is 1. The molecule has 1 fully saturated rings. The Morgan fingerprint density at radius 2 is 2.33 bits per heavy atom. The van der Waals surface area contributed by atoms with E-state index in [9.17, 15) is 14.7 Å². The van der Waals surface area contributed by atoms with Gasteiger partial charge in [0.2, 0.25) is 0 Å². The Bertz CT molecular complexity index is 308. The number of imide groups is 1. The summed E-state index contributed by atoms with van der Waals surface area (Å²) in [7, 11) is 0. The number of rotatable bonds is 1. The van der Waals surface area contributed by atoms with Gasteiger partial charge in [-0.2, -0.15) is 4.79 Å². The maximum absolute atomic E-state index is 11.1. The predicted octanol–water partition coefficient (Wildman–Crippen LogP) is 0.0574. The molecule has 1 N–H and O–H groups in total. The van der Waals surface area contributed by atoms with E-state index in [1.165, 1.54) is 9.48 Å². The molecule has 2 bridgehead atoms. The summed E-state index contributed by atoms with van der Waals surface area (Å²) in [6, 6.07) is -0.393. The van der Waals surface area contributed by atoms with Crippen LogP contribution in [0.1, 0.15) is 19.8 Å². The average molecular weight is 169 g/mol. The van der Waals surface area contributed by atoms with Gasteiger partial charge in [-0.05, 0) is 0 Å². The molecule has 0 aromatic carbocycles. The van der Waals surface area contributed by atoms with E-state index in [0.29, 0.717) is 6.42 Å². The van der Waals surface area contributed by atoms with Crippen molar-refractivity contribution in [3.63, 3.8) is 0 Å².